The van der Waals surface area contributed by atoms with Crippen molar-refractivity contribution in [2.45, 2.75) is 50.2 Å². The second-order valence-corrected chi connectivity index (χ2v) is 8.73. The minimum atomic E-state index is -0.296. The van der Waals surface area contributed by atoms with E-state index in [0.29, 0.717) is 11.7 Å². The van der Waals surface area contributed by atoms with Crippen molar-refractivity contribution in [3.8, 4) is 5.69 Å². The monoisotopic (exact) mass is 431 g/mol. The molecule has 1 amide bonds. The second-order valence-electron chi connectivity index (χ2n) is 7.79. The Balaban J connectivity index is 1.65. The van der Waals surface area contributed by atoms with Crippen LogP contribution < -0.4 is 5.32 Å². The number of hydrogen-bond donors (Lipinski definition) is 1. The second kappa shape index (κ2) is 10.7. The molecule has 0 spiro atoms. The Labute approximate surface area is 181 Å². The molecule has 162 valence electrons. The zero-order valence-electron chi connectivity index (χ0n) is 17.9. The molecule has 0 bridgehead atoms. The molecule has 0 fully saturated rings. The molecular formula is C22H30FN5OS. The van der Waals surface area contributed by atoms with Crippen molar-refractivity contribution in [1.29, 1.82) is 0 Å². The van der Waals surface area contributed by atoms with Gasteiger partial charge in [0.25, 0.3) is 0 Å². The average Bonchev–Trinajstić information content (AvgIpc) is 3.16. The van der Waals surface area contributed by atoms with Gasteiger partial charge in [-0.15, -0.1) is 10.2 Å². The number of carbonyl (C=O) groups is 1. The van der Waals surface area contributed by atoms with Gasteiger partial charge in [0, 0.05) is 12.2 Å². The lowest BCUT2D eigenvalue weighted by Crippen LogP contribution is -2.26. The number of rotatable bonds is 9. The molecule has 0 unspecified atom stereocenters. The fourth-order valence-corrected chi connectivity index (χ4v) is 4.17. The van der Waals surface area contributed by atoms with Crippen LogP contribution in [0.5, 0.6) is 0 Å². The quantitative estimate of drug-likeness (QED) is 0.478. The van der Waals surface area contributed by atoms with Crippen molar-refractivity contribution >= 4 is 17.7 Å². The van der Waals surface area contributed by atoms with Crippen LogP contribution in [0.4, 0.5) is 4.39 Å². The fourth-order valence-electron chi connectivity index (χ4n) is 3.38. The predicted octanol–water partition coefficient (Wildman–Crippen LogP) is 4.13. The maximum atomic E-state index is 13.4. The van der Waals surface area contributed by atoms with E-state index in [1.165, 1.54) is 42.3 Å². The molecule has 0 radical (unpaired) electrons. The van der Waals surface area contributed by atoms with Crippen LogP contribution in [0.3, 0.4) is 0 Å². The first kappa shape index (κ1) is 22.5. The standard InChI is InChI=1S/C22H30FN5OS/c1-16(27(2)3)21-25-26-22(28(21)19-11-9-18(23)10-12-19)30-15-20(29)24-14-13-17-7-5-4-6-8-17/h7,9-12,16H,4-6,8,13-15H2,1-3H3,(H,24,29)/t16-/m0/s1. The van der Waals surface area contributed by atoms with E-state index in [1.807, 2.05) is 30.5 Å². The summed E-state index contributed by atoms with van der Waals surface area (Å²) in [6.07, 6.45) is 8.07. The van der Waals surface area contributed by atoms with Gasteiger partial charge in [-0.3, -0.25) is 14.3 Å². The first-order valence-electron chi connectivity index (χ1n) is 10.4. The van der Waals surface area contributed by atoms with Crippen LogP contribution in [0, 0.1) is 5.82 Å². The number of benzene rings is 1. The Bertz CT molecular complexity index is 878. The molecule has 6 nitrogen and oxygen atoms in total. The molecule has 0 aliphatic heterocycles. The van der Waals surface area contributed by atoms with E-state index in [2.05, 4.69) is 21.6 Å². The minimum absolute atomic E-state index is 0.00879. The molecule has 3 rings (SSSR count). The first-order valence-corrected chi connectivity index (χ1v) is 11.4. The zero-order valence-corrected chi connectivity index (χ0v) is 18.7. The molecule has 2 aromatic rings. The van der Waals surface area contributed by atoms with Crippen LogP contribution in [0.2, 0.25) is 0 Å². The summed E-state index contributed by atoms with van der Waals surface area (Å²) >= 11 is 1.34. The number of carbonyl (C=O) groups excluding carboxylic acids is 1. The van der Waals surface area contributed by atoms with Gasteiger partial charge < -0.3 is 5.32 Å². The predicted molar refractivity (Wildman–Crippen MR) is 118 cm³/mol. The highest BCUT2D eigenvalue weighted by atomic mass is 32.2. The van der Waals surface area contributed by atoms with E-state index < -0.39 is 0 Å². The topological polar surface area (TPSA) is 63.1 Å². The van der Waals surface area contributed by atoms with E-state index in [1.54, 1.807) is 12.1 Å². The van der Waals surface area contributed by atoms with Gasteiger partial charge in [-0.05, 0) is 77.4 Å². The normalized spacial score (nSPS) is 15.2. The lowest BCUT2D eigenvalue weighted by molar-refractivity contribution is -0.118. The van der Waals surface area contributed by atoms with Gasteiger partial charge >= 0.3 is 0 Å². The number of aromatic nitrogens is 3. The number of halogens is 1. The van der Waals surface area contributed by atoms with Crippen molar-refractivity contribution < 1.29 is 9.18 Å². The molecule has 1 N–H and O–H groups in total. The van der Waals surface area contributed by atoms with E-state index in [-0.39, 0.29) is 23.5 Å². The molecule has 1 aromatic carbocycles. The third kappa shape index (κ3) is 5.92. The third-order valence-corrected chi connectivity index (χ3v) is 6.31. The Morgan fingerprint density at radius 2 is 2.03 bits per heavy atom. The summed E-state index contributed by atoms with van der Waals surface area (Å²) in [6.45, 7) is 2.70. The molecule has 1 aromatic heterocycles. The van der Waals surface area contributed by atoms with Gasteiger partial charge in [-0.1, -0.05) is 23.4 Å². The summed E-state index contributed by atoms with van der Waals surface area (Å²) < 4.78 is 15.3. The summed E-state index contributed by atoms with van der Waals surface area (Å²) in [5.74, 6) is 0.691. The van der Waals surface area contributed by atoms with Crippen molar-refractivity contribution in [1.82, 2.24) is 25.0 Å². The zero-order chi connectivity index (χ0) is 21.5. The molecule has 8 heteroatoms. The van der Waals surface area contributed by atoms with Crippen LogP contribution >= 0.6 is 11.8 Å². The van der Waals surface area contributed by atoms with Crippen LogP contribution in [0.15, 0.2) is 41.1 Å². The van der Waals surface area contributed by atoms with Gasteiger partial charge in [0.05, 0.1) is 11.8 Å². The Morgan fingerprint density at radius 3 is 2.70 bits per heavy atom. The van der Waals surface area contributed by atoms with E-state index >= 15 is 0 Å². The van der Waals surface area contributed by atoms with Crippen LogP contribution in [-0.2, 0) is 4.79 Å². The molecule has 0 saturated heterocycles. The average molecular weight is 432 g/mol. The van der Waals surface area contributed by atoms with E-state index in [9.17, 15) is 9.18 Å². The summed E-state index contributed by atoms with van der Waals surface area (Å²) in [5.41, 5.74) is 2.23. The number of hydrogen-bond acceptors (Lipinski definition) is 5. The summed E-state index contributed by atoms with van der Waals surface area (Å²) in [7, 11) is 3.94. The van der Waals surface area contributed by atoms with E-state index in [4.69, 9.17) is 0 Å². The molecule has 1 atom stereocenters. The molecule has 1 aliphatic rings. The molecule has 30 heavy (non-hydrogen) atoms. The summed E-state index contributed by atoms with van der Waals surface area (Å²) in [6, 6.07) is 6.25. The largest absolute Gasteiger partial charge is 0.355 e. The minimum Gasteiger partial charge on any atom is -0.355 e. The summed E-state index contributed by atoms with van der Waals surface area (Å²) in [5, 5.41) is 12.3. The van der Waals surface area contributed by atoms with E-state index in [0.717, 1.165) is 30.8 Å². The van der Waals surface area contributed by atoms with Crippen LogP contribution in [-0.4, -0.2) is 52.0 Å². The maximum absolute atomic E-state index is 13.4. The number of amides is 1. The number of nitrogens with zero attached hydrogens (tertiary/aromatic N) is 4. The van der Waals surface area contributed by atoms with Gasteiger partial charge in [0.2, 0.25) is 5.91 Å². The highest BCUT2D eigenvalue weighted by Gasteiger charge is 2.21. The molecule has 1 heterocycles. The molecule has 1 aliphatic carbocycles. The smallest absolute Gasteiger partial charge is 0.230 e. The van der Waals surface area contributed by atoms with Crippen molar-refractivity contribution in [3.05, 3.63) is 47.6 Å². The van der Waals surface area contributed by atoms with Gasteiger partial charge in [-0.2, -0.15) is 0 Å². The van der Waals surface area contributed by atoms with Gasteiger partial charge in [0.15, 0.2) is 11.0 Å². The number of allylic oxidation sites excluding steroid dienone is 1. The van der Waals surface area contributed by atoms with Crippen LogP contribution in [0.25, 0.3) is 5.69 Å². The number of nitrogens with one attached hydrogen (secondary N) is 1. The SMILES string of the molecule is C[C@@H](c1nnc(SCC(=O)NCCC2=CCCCC2)n1-c1ccc(F)cc1)N(C)C. The first-order chi connectivity index (χ1) is 14.5. The van der Waals surface area contributed by atoms with Gasteiger partial charge in [0.1, 0.15) is 5.82 Å². The summed E-state index contributed by atoms with van der Waals surface area (Å²) in [4.78, 5) is 14.4. The lowest BCUT2D eigenvalue weighted by atomic mass is 9.97. The van der Waals surface area contributed by atoms with Gasteiger partial charge in [-0.25, -0.2) is 4.39 Å². The molecule has 0 saturated carbocycles. The Hall–Kier alpha value is -2.19. The highest BCUT2D eigenvalue weighted by molar-refractivity contribution is 7.99. The third-order valence-electron chi connectivity index (χ3n) is 5.38. The fraction of sp³-hybridized carbons (Fsp3) is 0.500. The van der Waals surface area contributed by atoms with Crippen molar-refractivity contribution in [2.24, 2.45) is 0 Å². The maximum Gasteiger partial charge on any atom is 0.230 e. The van der Waals surface area contributed by atoms with Crippen LogP contribution in [0.1, 0.15) is 50.9 Å². The highest BCUT2D eigenvalue weighted by Crippen LogP contribution is 2.27. The number of thioether (sulfide) groups is 1. The Morgan fingerprint density at radius 1 is 1.27 bits per heavy atom. The molecular weight excluding hydrogens is 401 g/mol. The Kier molecular flexibility index (Phi) is 8.04. The van der Waals surface area contributed by atoms with Crippen molar-refractivity contribution in [2.75, 3.05) is 26.4 Å². The lowest BCUT2D eigenvalue weighted by Gasteiger charge is -2.20. The van der Waals surface area contributed by atoms with Crippen molar-refractivity contribution in [3.63, 3.8) is 0 Å².